The lowest BCUT2D eigenvalue weighted by atomic mass is 9.37. The van der Waals surface area contributed by atoms with Gasteiger partial charge in [0.1, 0.15) is 16.8 Å². The van der Waals surface area contributed by atoms with Crippen molar-refractivity contribution in [1.29, 1.82) is 0 Å². The molecule has 0 aromatic carbocycles. The summed E-state index contributed by atoms with van der Waals surface area (Å²) in [6.45, 7) is 33.1. The molecular weight excluding hydrogens is 1180 g/mol. The number of cyclic esters (lactones) is 1. The summed E-state index contributed by atoms with van der Waals surface area (Å²) in [4.78, 5) is 88.0. The van der Waals surface area contributed by atoms with Crippen LogP contribution >= 0.6 is 0 Å². The van der Waals surface area contributed by atoms with E-state index in [9.17, 15) is 70.4 Å². The Kier molecular flexibility index (Phi) is 23.0. The Balaban J connectivity index is 0.000000254. The molecule has 0 amide bonds. The van der Waals surface area contributed by atoms with Crippen LogP contribution in [0.4, 0.5) is 26.3 Å². The molecule has 1 saturated heterocycles. The molecule has 10 aliphatic rings. The van der Waals surface area contributed by atoms with Gasteiger partial charge < -0.3 is 43.7 Å². The zero-order valence-electron chi connectivity index (χ0n) is 56.1. The predicted molar refractivity (Wildman–Crippen MR) is 311 cm³/mol. The molecule has 3 N–H and O–H groups in total. The Morgan fingerprint density at radius 1 is 0.551 bits per heavy atom. The number of carbonyl (C=O) groups is 6. The molecule has 23 heteroatoms. The van der Waals surface area contributed by atoms with E-state index >= 15 is 0 Å². The Bertz CT molecular complexity index is 2520. The molecule has 1 heterocycles. The third-order valence-corrected chi connectivity index (χ3v) is 22.4. The Morgan fingerprint density at radius 2 is 0.921 bits per heavy atom. The van der Waals surface area contributed by atoms with Crippen molar-refractivity contribution in [3.05, 3.63) is 0 Å². The number of hydrogen-bond donors (Lipinski definition) is 3. The molecule has 10 fully saturated rings. The van der Waals surface area contributed by atoms with Gasteiger partial charge in [-0.15, -0.1) is 0 Å². The highest BCUT2D eigenvalue weighted by Gasteiger charge is 2.82. The van der Waals surface area contributed by atoms with E-state index in [1.54, 1.807) is 20.8 Å². The van der Waals surface area contributed by atoms with Crippen molar-refractivity contribution in [1.82, 2.24) is 0 Å². The topological polar surface area (TPSA) is 253 Å². The maximum atomic E-state index is 13.2. The van der Waals surface area contributed by atoms with Gasteiger partial charge in [-0.2, -0.15) is 35.9 Å². The molecule has 17 nitrogen and oxygen atoms in total. The maximum absolute atomic E-state index is 13.2. The number of alkyl halides is 6. The minimum absolute atomic E-state index is 0.00565. The highest BCUT2D eigenvalue weighted by Crippen LogP contribution is 2.73. The minimum atomic E-state index is -6.02. The average molecular weight is 1280 g/mol. The van der Waals surface area contributed by atoms with Crippen LogP contribution in [0.5, 0.6) is 0 Å². The van der Waals surface area contributed by atoms with E-state index in [1.165, 1.54) is 20.8 Å². The van der Waals surface area contributed by atoms with Gasteiger partial charge in [-0.05, 0) is 224 Å². The van der Waals surface area contributed by atoms with Gasteiger partial charge >= 0.3 is 54.3 Å². The smallest absolute Gasteiger partial charge is 0.430 e. The van der Waals surface area contributed by atoms with E-state index in [1.807, 2.05) is 76.2 Å². The molecule has 5 atom stereocenters. The lowest BCUT2D eigenvalue weighted by Crippen LogP contribution is -2.71. The van der Waals surface area contributed by atoms with Gasteiger partial charge in [0, 0.05) is 36.0 Å². The van der Waals surface area contributed by atoms with Crippen LogP contribution in [-0.2, 0) is 66.8 Å². The van der Waals surface area contributed by atoms with Gasteiger partial charge in [-0.1, -0.05) is 27.7 Å². The molecule has 0 spiro atoms. The van der Waals surface area contributed by atoms with Crippen molar-refractivity contribution in [3.8, 4) is 0 Å². The molecule has 512 valence electrons. The highest BCUT2D eigenvalue weighted by atomic mass is 19.4. The van der Waals surface area contributed by atoms with Crippen molar-refractivity contribution in [2.24, 2.45) is 56.2 Å². The monoisotopic (exact) mass is 1280 g/mol. The van der Waals surface area contributed by atoms with Crippen LogP contribution in [-0.4, -0.2) is 122 Å². The van der Waals surface area contributed by atoms with E-state index in [-0.39, 0.29) is 71.3 Å². The van der Waals surface area contributed by atoms with Gasteiger partial charge in [0.2, 0.25) is 6.10 Å². The summed E-state index contributed by atoms with van der Waals surface area (Å²) < 4.78 is 112. The molecule has 5 unspecified atom stereocenters. The van der Waals surface area contributed by atoms with Crippen LogP contribution < -0.4 is 0 Å². The maximum Gasteiger partial charge on any atom is 0.430 e. The highest BCUT2D eigenvalue weighted by molar-refractivity contribution is 5.83. The van der Waals surface area contributed by atoms with Crippen LogP contribution in [0.15, 0.2) is 0 Å². The first-order valence-corrected chi connectivity index (χ1v) is 31.8. The third-order valence-electron chi connectivity index (χ3n) is 22.4. The zero-order valence-corrected chi connectivity index (χ0v) is 56.1. The lowest BCUT2D eigenvalue weighted by Gasteiger charge is -2.70. The number of rotatable bonds is 16. The van der Waals surface area contributed by atoms with Crippen molar-refractivity contribution < 1.29 is 108 Å². The van der Waals surface area contributed by atoms with Gasteiger partial charge in [0.05, 0.1) is 39.5 Å². The second-order valence-corrected chi connectivity index (χ2v) is 31.1. The van der Waals surface area contributed by atoms with E-state index < -0.39 is 92.9 Å². The lowest BCUT2D eigenvalue weighted by molar-refractivity contribution is -0.412. The SMILES string of the molecule is CCC(C)(C)C(=O)OC1(C(O)(C(F)(F)F)C(F)(F)F)CCCC1.CCC(C)(C)C(=O)OC12CC3CC(C(C)(C)O)(C1)CC(C(C)(C)O)(C3)C2.CCC(C)(C)C(=O)OC12CC3CC(C1)C(C)(OC(C)=O)C(C3)C2.CCC(C)(C)C(=O)OC1CCOC1=O.O=C=O. The molecule has 9 saturated carbocycles. The fourth-order valence-electron chi connectivity index (χ4n) is 15.1. The number of carbonyl (C=O) groups excluding carboxylic acids is 8. The van der Waals surface area contributed by atoms with E-state index in [2.05, 4.69) is 6.92 Å². The van der Waals surface area contributed by atoms with Crippen LogP contribution in [0.3, 0.4) is 0 Å². The zero-order chi connectivity index (χ0) is 68.6. The molecule has 0 radical (unpaired) electrons. The van der Waals surface area contributed by atoms with Gasteiger partial charge in [-0.25, -0.2) is 4.79 Å². The summed E-state index contributed by atoms with van der Waals surface area (Å²) >= 11 is 0. The van der Waals surface area contributed by atoms with Gasteiger partial charge in [0.25, 0.3) is 5.60 Å². The molecule has 10 rings (SSSR count). The predicted octanol–water partition coefficient (Wildman–Crippen LogP) is 12.9. The first-order chi connectivity index (χ1) is 40.2. The van der Waals surface area contributed by atoms with Crippen molar-refractivity contribution in [2.75, 3.05) is 6.61 Å². The number of halogens is 6. The van der Waals surface area contributed by atoms with Crippen LogP contribution in [0, 0.1) is 56.2 Å². The fourth-order valence-corrected chi connectivity index (χ4v) is 15.1. The fraction of sp³-hybridized carbons (Fsp3) is 0.894. The van der Waals surface area contributed by atoms with Crippen molar-refractivity contribution in [3.63, 3.8) is 0 Å². The quantitative estimate of drug-likeness (QED) is 0.0738. The number of hydrogen-bond acceptors (Lipinski definition) is 17. The first kappa shape index (κ1) is 77.1. The van der Waals surface area contributed by atoms with Crippen LogP contribution in [0.25, 0.3) is 0 Å². The summed E-state index contributed by atoms with van der Waals surface area (Å²) in [7, 11) is 0. The van der Waals surface area contributed by atoms with Gasteiger partial charge in [-0.3, -0.25) is 24.0 Å². The molecule has 89 heavy (non-hydrogen) atoms. The molecule has 8 bridgehead atoms. The largest absolute Gasteiger partial charge is 0.463 e. The molecule has 1 aliphatic heterocycles. The molecule has 0 aromatic rings. The number of aliphatic hydroxyl groups is 3. The number of esters is 6. The van der Waals surface area contributed by atoms with E-state index in [0.717, 1.165) is 70.6 Å². The minimum Gasteiger partial charge on any atom is -0.463 e. The van der Waals surface area contributed by atoms with Crippen LogP contribution in [0.1, 0.15) is 253 Å². The van der Waals surface area contributed by atoms with E-state index in [0.29, 0.717) is 56.0 Å². The normalized spacial score (nSPS) is 31.1. The summed E-state index contributed by atoms with van der Waals surface area (Å²) in [5.41, 5.74) is -14.4. The Morgan fingerprint density at radius 3 is 1.27 bits per heavy atom. The summed E-state index contributed by atoms with van der Waals surface area (Å²) in [6.07, 6.45) is -1.16. The summed E-state index contributed by atoms with van der Waals surface area (Å²) in [5.74, 6) is -0.725. The standard InChI is InChI=1S/C22H38O4.C19H30O4.C14H20F6O3.C10H16O4.CO2/c1-8-17(2,3)16(23)26-22-11-15-9-20(13-22,18(4,5)24)12-21(10-15,14-22)19(6,7)25;1-6-17(3,4)16(21)23-19-9-13-7-14(10-19)18(5,22-12(2)20)15(8-13)11-19;1-4-10(2,3)9(21)23-11(7-5-6-8-11)12(22,13(15,16)17)14(18,19)20;1-4-10(2,3)9(12)14-7-5-6-13-8(7)11;2-1-3/h15,24-25H,8-14H2,1-7H3;13-15H,6-11H2,1-5H3;22H,4-8H2,1-3H3;7H,4-6H2,1-3H3;. The van der Waals surface area contributed by atoms with Crippen molar-refractivity contribution in [2.45, 2.75) is 311 Å². The van der Waals surface area contributed by atoms with E-state index in [4.69, 9.17) is 38.0 Å². The number of ether oxygens (including phenoxy) is 6. The van der Waals surface area contributed by atoms with Crippen molar-refractivity contribution >= 4 is 42.0 Å². The third kappa shape index (κ3) is 15.8. The second kappa shape index (κ2) is 26.6. The summed E-state index contributed by atoms with van der Waals surface area (Å²) in [6, 6.07) is 0. The first-order valence-electron chi connectivity index (χ1n) is 31.8. The van der Waals surface area contributed by atoms with Crippen LogP contribution in [0.2, 0.25) is 0 Å². The molecular formula is C66H104F6O17. The van der Waals surface area contributed by atoms with Gasteiger partial charge in [0.15, 0.2) is 5.60 Å². The molecule has 9 aliphatic carbocycles. The Hall–Kier alpha value is -4.34. The second-order valence-electron chi connectivity index (χ2n) is 31.1. The summed E-state index contributed by atoms with van der Waals surface area (Å²) in [5, 5.41) is 31.9. The molecule has 0 aromatic heterocycles. The Labute approximate surface area is 522 Å². The average Bonchev–Trinajstić information content (AvgIpc) is 0.898.